The van der Waals surface area contributed by atoms with Crippen LogP contribution in [0.1, 0.15) is 66.7 Å². The molecule has 0 radical (unpaired) electrons. The summed E-state index contributed by atoms with van der Waals surface area (Å²) in [5, 5.41) is 0. The lowest BCUT2D eigenvalue weighted by molar-refractivity contribution is -0.156. The molecule has 31 heavy (non-hydrogen) atoms. The second kappa shape index (κ2) is 14.6. The van der Waals surface area contributed by atoms with Gasteiger partial charge in [0.2, 0.25) is 11.8 Å². The summed E-state index contributed by atoms with van der Waals surface area (Å²) in [4.78, 5) is 53.7. The second-order valence-electron chi connectivity index (χ2n) is 7.88. The monoisotopic (exact) mass is 443 g/mol. The summed E-state index contributed by atoms with van der Waals surface area (Å²) in [5.74, 6) is -1.27. The molecular formula is C22H41N3O6. The van der Waals surface area contributed by atoms with E-state index >= 15 is 0 Å². The third-order valence-corrected chi connectivity index (χ3v) is 5.50. The van der Waals surface area contributed by atoms with Crippen molar-refractivity contribution in [3.05, 3.63) is 0 Å². The first-order chi connectivity index (χ1) is 14.5. The highest BCUT2D eigenvalue weighted by molar-refractivity contribution is 5.92. The number of hydrogen-bond donors (Lipinski definition) is 0. The lowest BCUT2D eigenvalue weighted by Crippen LogP contribution is -2.55. The highest BCUT2D eigenvalue weighted by atomic mass is 16.6. The Morgan fingerprint density at radius 2 is 1.10 bits per heavy atom. The van der Waals surface area contributed by atoms with Crippen molar-refractivity contribution < 1.29 is 28.7 Å². The Bertz CT molecular complexity index is 598. The average Bonchev–Trinajstić information content (AvgIpc) is 2.77. The smallest absolute Gasteiger partial charge is 0.410 e. The molecule has 3 atom stereocenters. The van der Waals surface area contributed by atoms with Crippen molar-refractivity contribution in [3.63, 3.8) is 0 Å². The van der Waals surface area contributed by atoms with Gasteiger partial charge in [-0.3, -0.25) is 14.5 Å². The fourth-order valence-corrected chi connectivity index (χ4v) is 2.67. The Morgan fingerprint density at radius 3 is 1.61 bits per heavy atom. The molecule has 0 bridgehead atoms. The number of nitrogens with zero attached hydrogens (tertiary/aromatic N) is 3. The average molecular weight is 444 g/mol. The molecule has 0 rings (SSSR count). The maximum absolute atomic E-state index is 12.8. The molecular weight excluding hydrogens is 402 g/mol. The van der Waals surface area contributed by atoms with Gasteiger partial charge in [0.05, 0.1) is 13.2 Å². The Morgan fingerprint density at radius 1 is 0.645 bits per heavy atom. The van der Waals surface area contributed by atoms with Crippen LogP contribution in [0.2, 0.25) is 0 Å². The van der Waals surface area contributed by atoms with Gasteiger partial charge in [-0.05, 0) is 33.6 Å². The van der Waals surface area contributed by atoms with Crippen LogP contribution in [-0.2, 0) is 23.9 Å². The molecule has 0 aromatic rings. The largest absolute Gasteiger partial charge is 0.464 e. The van der Waals surface area contributed by atoms with E-state index in [1.807, 2.05) is 6.92 Å². The van der Waals surface area contributed by atoms with Gasteiger partial charge < -0.3 is 19.3 Å². The molecule has 0 aliphatic rings. The second-order valence-corrected chi connectivity index (χ2v) is 7.88. The van der Waals surface area contributed by atoms with E-state index in [9.17, 15) is 19.2 Å². The van der Waals surface area contributed by atoms with Crippen molar-refractivity contribution in [2.75, 3.05) is 34.4 Å². The molecule has 9 nitrogen and oxygen atoms in total. The van der Waals surface area contributed by atoms with E-state index in [0.717, 1.165) is 32.1 Å². The quantitative estimate of drug-likeness (QED) is 0.321. The molecule has 9 heteroatoms. The minimum Gasteiger partial charge on any atom is -0.464 e. The van der Waals surface area contributed by atoms with E-state index < -0.39 is 42.0 Å². The first-order valence-electron chi connectivity index (χ1n) is 11.1. The number of rotatable bonds is 13. The zero-order chi connectivity index (χ0) is 24.1. The molecule has 0 saturated heterocycles. The Balaban J connectivity index is 4.88. The number of carbonyl (C=O) groups excluding carboxylic acids is 4. The molecule has 0 heterocycles. The SMILES string of the molecule is CCCCCOC(=O)C(C)N(C)C(=O)C(C)N(C)C(=O)C(C)N(C)C(=O)OCCCC. The summed E-state index contributed by atoms with van der Waals surface area (Å²) in [6.07, 6.45) is 3.84. The van der Waals surface area contributed by atoms with Gasteiger partial charge in [-0.15, -0.1) is 0 Å². The molecule has 180 valence electrons. The fourth-order valence-electron chi connectivity index (χ4n) is 2.67. The molecule has 0 spiro atoms. The van der Waals surface area contributed by atoms with Gasteiger partial charge in [0.15, 0.2) is 0 Å². The van der Waals surface area contributed by atoms with Gasteiger partial charge in [0.1, 0.15) is 18.1 Å². The Labute approximate surface area is 187 Å². The van der Waals surface area contributed by atoms with Crippen LogP contribution in [0.3, 0.4) is 0 Å². The van der Waals surface area contributed by atoms with Crippen LogP contribution in [0, 0.1) is 0 Å². The fraction of sp³-hybridized carbons (Fsp3) is 0.818. The number of esters is 1. The first-order valence-corrected chi connectivity index (χ1v) is 11.1. The predicted molar refractivity (Wildman–Crippen MR) is 118 cm³/mol. The molecule has 3 amide bonds. The highest BCUT2D eigenvalue weighted by Gasteiger charge is 2.34. The molecule has 0 N–H and O–H groups in total. The summed E-state index contributed by atoms with van der Waals surface area (Å²) in [6, 6.07) is -2.39. The summed E-state index contributed by atoms with van der Waals surface area (Å²) in [5.41, 5.74) is 0. The van der Waals surface area contributed by atoms with E-state index in [0.29, 0.717) is 13.2 Å². The third-order valence-electron chi connectivity index (χ3n) is 5.50. The topological polar surface area (TPSA) is 96.5 Å². The van der Waals surface area contributed by atoms with Crippen LogP contribution in [0.25, 0.3) is 0 Å². The van der Waals surface area contributed by atoms with Crippen LogP contribution in [0.4, 0.5) is 4.79 Å². The number of likely N-dealkylation sites (N-methyl/N-ethyl adjacent to an activating group) is 3. The van der Waals surface area contributed by atoms with Gasteiger partial charge in [-0.2, -0.15) is 0 Å². The molecule has 0 saturated carbocycles. The minimum atomic E-state index is -0.820. The molecule has 0 aliphatic heterocycles. The Hall–Kier alpha value is -2.32. The van der Waals surface area contributed by atoms with Gasteiger partial charge in [0, 0.05) is 21.1 Å². The highest BCUT2D eigenvalue weighted by Crippen LogP contribution is 2.11. The summed E-state index contributed by atoms with van der Waals surface area (Å²) in [6.45, 7) is 9.43. The van der Waals surface area contributed by atoms with E-state index in [4.69, 9.17) is 9.47 Å². The van der Waals surface area contributed by atoms with Crippen LogP contribution in [0.5, 0.6) is 0 Å². The summed E-state index contributed by atoms with van der Waals surface area (Å²) < 4.78 is 10.4. The predicted octanol–water partition coefficient (Wildman–Crippen LogP) is 2.67. The zero-order valence-corrected chi connectivity index (χ0v) is 20.5. The van der Waals surface area contributed by atoms with Crippen LogP contribution in [0.15, 0.2) is 0 Å². The maximum atomic E-state index is 12.8. The molecule has 0 fully saturated rings. The van der Waals surface area contributed by atoms with Gasteiger partial charge in [-0.25, -0.2) is 9.59 Å². The number of amides is 3. The molecule has 0 aromatic carbocycles. The van der Waals surface area contributed by atoms with Crippen molar-refractivity contribution >= 4 is 23.9 Å². The van der Waals surface area contributed by atoms with Crippen LogP contribution >= 0.6 is 0 Å². The number of unbranched alkanes of at least 4 members (excludes halogenated alkanes) is 3. The van der Waals surface area contributed by atoms with Crippen molar-refractivity contribution in [1.82, 2.24) is 14.7 Å². The van der Waals surface area contributed by atoms with Crippen molar-refractivity contribution in [3.8, 4) is 0 Å². The number of ether oxygens (including phenoxy) is 2. The van der Waals surface area contributed by atoms with Gasteiger partial charge in [0.25, 0.3) is 0 Å². The molecule has 0 aromatic heterocycles. The van der Waals surface area contributed by atoms with Crippen molar-refractivity contribution in [2.45, 2.75) is 84.8 Å². The van der Waals surface area contributed by atoms with Crippen LogP contribution in [-0.4, -0.2) is 91.1 Å². The number of carbonyl (C=O) groups is 4. The first kappa shape index (κ1) is 28.7. The third kappa shape index (κ3) is 9.14. The van der Waals surface area contributed by atoms with Gasteiger partial charge >= 0.3 is 12.1 Å². The lowest BCUT2D eigenvalue weighted by Gasteiger charge is -2.33. The van der Waals surface area contributed by atoms with E-state index in [1.165, 1.54) is 35.8 Å². The summed E-state index contributed by atoms with van der Waals surface area (Å²) >= 11 is 0. The normalized spacial score (nSPS) is 13.5. The zero-order valence-electron chi connectivity index (χ0n) is 20.5. The van der Waals surface area contributed by atoms with Crippen molar-refractivity contribution in [1.29, 1.82) is 0 Å². The van der Waals surface area contributed by atoms with E-state index in [1.54, 1.807) is 20.8 Å². The number of hydrogen-bond acceptors (Lipinski definition) is 6. The molecule has 3 unspecified atom stereocenters. The standard InChI is InChI=1S/C22H41N3O6/c1-9-11-13-15-30-21(28)18(5)24(7)19(26)16(3)23(6)20(27)17(4)25(8)22(29)31-14-12-10-2/h16-18H,9-15H2,1-8H3. The Kier molecular flexibility index (Phi) is 13.5. The van der Waals surface area contributed by atoms with Crippen molar-refractivity contribution in [2.24, 2.45) is 0 Å². The minimum absolute atomic E-state index is 0.294. The van der Waals surface area contributed by atoms with Gasteiger partial charge in [-0.1, -0.05) is 33.1 Å². The molecule has 0 aliphatic carbocycles. The van der Waals surface area contributed by atoms with Crippen LogP contribution < -0.4 is 0 Å². The lowest BCUT2D eigenvalue weighted by atomic mass is 10.2. The summed E-state index contributed by atoms with van der Waals surface area (Å²) in [7, 11) is 4.49. The maximum Gasteiger partial charge on any atom is 0.410 e. The van der Waals surface area contributed by atoms with E-state index in [2.05, 4.69) is 6.92 Å². The van der Waals surface area contributed by atoms with E-state index in [-0.39, 0.29) is 0 Å².